The normalized spacial score (nSPS) is 15.8. The number of nitrogens with zero attached hydrogens (tertiary/aromatic N) is 4. The van der Waals surface area contributed by atoms with E-state index in [0.29, 0.717) is 55.1 Å². The van der Waals surface area contributed by atoms with Gasteiger partial charge in [-0.3, -0.25) is 9.59 Å². The SMILES string of the molecule is CC(=N)/C=C(\N)Nc1cc(N2CCN(C(=O)CCC[SiH](C)C)CC2)nc(Sc2ccc(NC(=O)C3CC3)cc2)n1. The molecule has 2 heterocycles. The molecule has 1 aromatic carbocycles. The van der Waals surface area contributed by atoms with E-state index >= 15 is 0 Å². The summed E-state index contributed by atoms with van der Waals surface area (Å²) in [7, 11) is -0.631. The van der Waals surface area contributed by atoms with E-state index in [1.807, 2.05) is 35.2 Å². The summed E-state index contributed by atoms with van der Waals surface area (Å²) >= 11 is 1.42. The lowest BCUT2D eigenvalue weighted by molar-refractivity contribution is -0.131. The van der Waals surface area contributed by atoms with Crippen LogP contribution in [0.15, 0.2) is 52.3 Å². The van der Waals surface area contributed by atoms with Crippen molar-refractivity contribution in [3.8, 4) is 0 Å². The van der Waals surface area contributed by atoms with E-state index < -0.39 is 8.80 Å². The van der Waals surface area contributed by atoms with Crippen molar-refractivity contribution in [1.82, 2.24) is 14.9 Å². The minimum atomic E-state index is -0.631. The molecule has 0 unspecified atom stereocenters. The molecule has 2 amide bonds. The molecule has 1 aliphatic carbocycles. The van der Waals surface area contributed by atoms with E-state index in [-0.39, 0.29) is 17.7 Å². The highest BCUT2D eigenvalue weighted by molar-refractivity contribution is 7.99. The summed E-state index contributed by atoms with van der Waals surface area (Å²) in [5, 5.41) is 14.3. The summed E-state index contributed by atoms with van der Waals surface area (Å²) in [6.45, 7) is 8.99. The second-order valence-corrected chi connectivity index (χ2v) is 15.3. The maximum atomic E-state index is 12.7. The molecule has 2 fully saturated rings. The Morgan fingerprint density at radius 2 is 1.82 bits per heavy atom. The Hall–Kier alpha value is -3.38. The molecule has 0 spiro atoms. The van der Waals surface area contributed by atoms with E-state index in [9.17, 15) is 9.59 Å². The monoisotopic (exact) mass is 580 g/mol. The number of hydrogen-bond donors (Lipinski definition) is 4. The highest BCUT2D eigenvalue weighted by atomic mass is 32.2. The van der Waals surface area contributed by atoms with Crippen LogP contribution in [0, 0.1) is 11.3 Å². The lowest BCUT2D eigenvalue weighted by atomic mass is 10.2. The molecule has 0 radical (unpaired) electrons. The van der Waals surface area contributed by atoms with Crippen LogP contribution in [0.3, 0.4) is 0 Å². The average Bonchev–Trinajstić information content (AvgIpc) is 3.75. The first-order valence-electron chi connectivity index (χ1n) is 14.0. The smallest absolute Gasteiger partial charge is 0.227 e. The number of carbonyl (C=O) groups is 2. The third-order valence-corrected chi connectivity index (χ3v) is 9.18. The van der Waals surface area contributed by atoms with Gasteiger partial charge in [-0.1, -0.05) is 19.1 Å². The Kier molecular flexibility index (Phi) is 10.2. The molecular weight excluding hydrogens is 541 g/mol. The van der Waals surface area contributed by atoms with E-state index in [2.05, 4.69) is 33.6 Å². The number of piperazine rings is 1. The third kappa shape index (κ3) is 9.09. The number of rotatable bonds is 12. The van der Waals surface area contributed by atoms with Crippen molar-refractivity contribution in [3.63, 3.8) is 0 Å². The molecular formula is C28H40N8O2SSi. The van der Waals surface area contributed by atoms with Gasteiger partial charge in [-0.2, -0.15) is 0 Å². The summed E-state index contributed by atoms with van der Waals surface area (Å²) in [6.07, 6.45) is 5.09. The molecule has 1 saturated heterocycles. The van der Waals surface area contributed by atoms with Crippen LogP contribution < -0.4 is 21.3 Å². The van der Waals surface area contributed by atoms with Gasteiger partial charge < -0.3 is 31.6 Å². The van der Waals surface area contributed by atoms with Crippen LogP contribution in [0.2, 0.25) is 19.1 Å². The minimum absolute atomic E-state index is 0.0805. The zero-order valence-corrected chi connectivity index (χ0v) is 25.5. The van der Waals surface area contributed by atoms with E-state index in [0.717, 1.165) is 35.7 Å². The fourth-order valence-electron chi connectivity index (χ4n) is 4.41. The van der Waals surface area contributed by atoms with Crippen LogP contribution in [-0.2, 0) is 9.59 Å². The number of benzene rings is 1. The van der Waals surface area contributed by atoms with Crippen molar-refractivity contribution in [1.29, 1.82) is 5.41 Å². The number of hydrogen-bond acceptors (Lipinski definition) is 9. The van der Waals surface area contributed by atoms with Gasteiger partial charge in [0.1, 0.15) is 17.5 Å². The van der Waals surface area contributed by atoms with E-state index in [1.165, 1.54) is 23.9 Å². The summed E-state index contributed by atoms with van der Waals surface area (Å²) < 4.78 is 0. The van der Waals surface area contributed by atoms with Gasteiger partial charge in [0, 0.05) is 69.7 Å². The summed E-state index contributed by atoms with van der Waals surface area (Å²) in [6, 6.07) is 10.7. The number of anilines is 3. The molecule has 214 valence electrons. The molecule has 1 saturated carbocycles. The first-order chi connectivity index (χ1) is 19.2. The molecule has 2 aliphatic rings. The van der Waals surface area contributed by atoms with Gasteiger partial charge in [-0.15, -0.1) is 0 Å². The predicted octanol–water partition coefficient (Wildman–Crippen LogP) is 4.14. The van der Waals surface area contributed by atoms with Gasteiger partial charge in [0.2, 0.25) is 11.8 Å². The Balaban J connectivity index is 1.45. The van der Waals surface area contributed by atoms with Crippen LogP contribution in [0.4, 0.5) is 17.3 Å². The zero-order chi connectivity index (χ0) is 28.6. The molecule has 12 heteroatoms. The van der Waals surface area contributed by atoms with Crippen LogP contribution in [-0.4, -0.2) is 67.4 Å². The number of nitrogens with two attached hydrogens (primary N) is 1. The Labute approximate surface area is 242 Å². The summed E-state index contributed by atoms with van der Waals surface area (Å²) in [5.74, 6) is 2.09. The topological polar surface area (TPSA) is 140 Å². The first-order valence-corrected chi connectivity index (χ1v) is 17.9. The molecule has 10 nitrogen and oxygen atoms in total. The van der Waals surface area contributed by atoms with E-state index in [1.54, 1.807) is 6.92 Å². The molecule has 5 N–H and O–H groups in total. The summed E-state index contributed by atoms with van der Waals surface area (Å²) in [4.78, 5) is 39.3. The molecule has 1 aromatic heterocycles. The number of aromatic nitrogens is 2. The quantitative estimate of drug-likeness (QED) is 0.167. The standard InChI is InChI=1S/C28H40N8O2SSi/c1-19(29)17-23(30)32-24-18-25(35-12-14-36(15-13-35)26(37)5-4-16-40(2)3)34-28(33-24)39-22-10-8-21(9-11-22)31-27(38)20-6-7-20/h8-11,17-18,20,29,40H,4-7,12-16,30H2,1-3H3,(H,31,38)(H,32,33,34)/b23-17+,29-19?. The van der Waals surface area contributed by atoms with Crippen molar-refractivity contribution in [2.45, 2.75) is 61.8 Å². The number of carbonyl (C=O) groups excluding carboxylic acids is 2. The van der Waals surface area contributed by atoms with Crippen molar-refractivity contribution < 1.29 is 9.59 Å². The molecule has 4 rings (SSSR count). The third-order valence-electron chi connectivity index (χ3n) is 6.74. The maximum absolute atomic E-state index is 12.7. The second kappa shape index (κ2) is 13.8. The van der Waals surface area contributed by atoms with E-state index in [4.69, 9.17) is 16.1 Å². The maximum Gasteiger partial charge on any atom is 0.227 e. The molecule has 1 aliphatic heterocycles. The Morgan fingerprint density at radius 1 is 1.12 bits per heavy atom. The van der Waals surface area contributed by atoms with Crippen molar-refractivity contribution in [2.75, 3.05) is 41.7 Å². The molecule has 40 heavy (non-hydrogen) atoms. The molecule has 0 bridgehead atoms. The largest absolute Gasteiger partial charge is 0.385 e. The van der Waals surface area contributed by atoms with Crippen molar-refractivity contribution >= 4 is 55.4 Å². The van der Waals surface area contributed by atoms with Crippen LogP contribution in [0.25, 0.3) is 0 Å². The van der Waals surface area contributed by atoms with Gasteiger partial charge in [-0.05, 0) is 68.3 Å². The number of allylic oxidation sites excluding steroid dienone is 1. The second-order valence-electron chi connectivity index (χ2n) is 10.8. The average molecular weight is 581 g/mol. The lowest BCUT2D eigenvalue weighted by Gasteiger charge is -2.35. The van der Waals surface area contributed by atoms with Crippen LogP contribution in [0.5, 0.6) is 0 Å². The van der Waals surface area contributed by atoms with Crippen LogP contribution >= 0.6 is 11.8 Å². The van der Waals surface area contributed by atoms with Crippen LogP contribution in [0.1, 0.15) is 32.6 Å². The van der Waals surface area contributed by atoms with Gasteiger partial charge in [-0.25, -0.2) is 9.97 Å². The van der Waals surface area contributed by atoms with Gasteiger partial charge in [0.05, 0.1) is 0 Å². The fraction of sp³-hybridized carbons (Fsp3) is 0.464. The Morgan fingerprint density at radius 3 is 2.45 bits per heavy atom. The highest BCUT2D eigenvalue weighted by Gasteiger charge is 2.29. The predicted molar refractivity (Wildman–Crippen MR) is 165 cm³/mol. The fourth-order valence-corrected chi connectivity index (χ4v) is 6.19. The molecule has 0 atom stereocenters. The Bertz CT molecular complexity index is 1240. The van der Waals surface area contributed by atoms with Crippen molar-refractivity contribution in [2.24, 2.45) is 11.7 Å². The molecule has 2 aromatic rings. The van der Waals surface area contributed by atoms with Gasteiger partial charge in [0.25, 0.3) is 0 Å². The first kappa shape index (κ1) is 29.6. The number of amides is 2. The number of nitrogens with one attached hydrogen (secondary N) is 3. The van der Waals surface area contributed by atoms with Gasteiger partial charge in [0.15, 0.2) is 5.16 Å². The lowest BCUT2D eigenvalue weighted by Crippen LogP contribution is -2.49. The highest BCUT2D eigenvalue weighted by Crippen LogP contribution is 2.32. The minimum Gasteiger partial charge on any atom is -0.385 e. The summed E-state index contributed by atoms with van der Waals surface area (Å²) in [5.41, 5.74) is 7.19. The van der Waals surface area contributed by atoms with Gasteiger partial charge >= 0.3 is 0 Å². The van der Waals surface area contributed by atoms with Crippen molar-refractivity contribution in [3.05, 3.63) is 42.2 Å². The zero-order valence-electron chi connectivity index (χ0n) is 23.6.